The van der Waals surface area contributed by atoms with Gasteiger partial charge in [0.15, 0.2) is 9.84 Å². The third kappa shape index (κ3) is 8.72. The van der Waals surface area contributed by atoms with Gasteiger partial charge >= 0.3 is 0 Å². The molecule has 0 aromatic heterocycles. The molecule has 1 amide bonds. The first-order valence-corrected chi connectivity index (χ1v) is 11.4. The highest BCUT2D eigenvalue weighted by molar-refractivity contribution is 7.92. The Morgan fingerprint density at radius 2 is 1.71 bits per heavy atom. The van der Waals surface area contributed by atoms with Gasteiger partial charge in [-0.05, 0) is 62.7 Å². The van der Waals surface area contributed by atoms with Crippen LogP contribution >= 0.6 is 0 Å². The summed E-state index contributed by atoms with van der Waals surface area (Å²) in [6.07, 6.45) is 0.653. The lowest BCUT2D eigenvalue weighted by atomic mass is 10.2. The Bertz CT molecular complexity index is 979. The predicted molar refractivity (Wildman–Crippen MR) is 123 cm³/mol. The molecule has 174 valence electrons. The minimum atomic E-state index is -3.41. The van der Waals surface area contributed by atoms with E-state index < -0.39 is 26.8 Å². The molecule has 0 heterocycles. The number of hydrogen-bond donors (Lipinski definition) is 2. The SMILES string of the molecule is CC.CC(C)S(=O)(=O)c1ccc(C(=O)NNc2ccc(C#N)cc2F)cc1.CCCF.[HH].[HH]. The van der Waals surface area contributed by atoms with Crippen LogP contribution in [-0.2, 0) is 9.84 Å². The number of nitrogens with one attached hydrogen (secondary N) is 2. The first kappa shape index (κ1) is 28.0. The lowest BCUT2D eigenvalue weighted by molar-refractivity contribution is 0.0962. The van der Waals surface area contributed by atoms with Gasteiger partial charge in [0, 0.05) is 8.42 Å². The standard InChI is InChI=1S/C17H16FN3O3S.C3H7F.C2H6.2H2/c1-11(2)25(23,24)14-6-4-13(5-7-14)17(22)21-20-16-8-3-12(10-19)9-15(16)18;1-2-3-4;1-2;;/h3-9,11,20H,1-2H3,(H,21,22);2-3H2,1H3;1-2H3;2*1H. The first-order valence-electron chi connectivity index (χ1n) is 9.83. The van der Waals surface area contributed by atoms with Crippen molar-refractivity contribution in [2.24, 2.45) is 0 Å². The summed E-state index contributed by atoms with van der Waals surface area (Å²) in [5.74, 6) is -1.24. The molecule has 2 N–H and O–H groups in total. The molecule has 9 heteroatoms. The zero-order valence-electron chi connectivity index (χ0n) is 18.4. The lowest BCUT2D eigenvalue weighted by Gasteiger charge is -2.11. The summed E-state index contributed by atoms with van der Waals surface area (Å²) in [5, 5.41) is 8.12. The van der Waals surface area contributed by atoms with E-state index in [2.05, 4.69) is 10.9 Å². The average Bonchev–Trinajstić information content (AvgIpc) is 2.79. The van der Waals surface area contributed by atoms with Crippen LogP contribution in [0.5, 0.6) is 0 Å². The van der Waals surface area contributed by atoms with Crippen molar-refractivity contribution in [3.63, 3.8) is 0 Å². The Morgan fingerprint density at radius 3 is 2.13 bits per heavy atom. The second-order valence-electron chi connectivity index (χ2n) is 6.19. The quantitative estimate of drug-likeness (QED) is 0.557. The molecule has 0 atom stereocenters. The summed E-state index contributed by atoms with van der Waals surface area (Å²) < 4.78 is 48.5. The average molecular weight is 458 g/mol. The molecule has 31 heavy (non-hydrogen) atoms. The van der Waals surface area contributed by atoms with Gasteiger partial charge in [-0.2, -0.15) is 5.26 Å². The van der Waals surface area contributed by atoms with Crippen LogP contribution in [0.2, 0.25) is 0 Å². The van der Waals surface area contributed by atoms with Crippen molar-refractivity contribution in [3.8, 4) is 6.07 Å². The predicted octanol–water partition coefficient (Wildman–Crippen LogP) is 5.52. The normalized spacial score (nSPS) is 10.0. The van der Waals surface area contributed by atoms with Crippen molar-refractivity contribution < 1.29 is 24.8 Å². The Kier molecular flexibility index (Phi) is 12.7. The van der Waals surface area contributed by atoms with Crippen LogP contribution in [0.3, 0.4) is 0 Å². The lowest BCUT2D eigenvalue weighted by Crippen LogP contribution is -2.29. The molecule has 0 aliphatic rings. The zero-order valence-corrected chi connectivity index (χ0v) is 19.2. The van der Waals surface area contributed by atoms with Gasteiger partial charge in [0.05, 0.1) is 34.1 Å². The van der Waals surface area contributed by atoms with Crippen LogP contribution in [0.1, 0.15) is 59.8 Å². The van der Waals surface area contributed by atoms with Crippen molar-refractivity contribution in [2.45, 2.75) is 51.2 Å². The van der Waals surface area contributed by atoms with Crippen LogP contribution in [0.15, 0.2) is 47.4 Å². The van der Waals surface area contributed by atoms with Gasteiger partial charge in [-0.15, -0.1) is 0 Å². The molecule has 0 saturated carbocycles. The van der Waals surface area contributed by atoms with Crippen molar-refractivity contribution in [1.82, 2.24) is 5.43 Å². The van der Waals surface area contributed by atoms with Crippen LogP contribution < -0.4 is 10.9 Å². The summed E-state index contributed by atoms with van der Waals surface area (Å²) in [7, 11) is -3.41. The number of carbonyl (C=O) groups excluding carboxylic acids is 1. The highest BCUT2D eigenvalue weighted by Gasteiger charge is 2.19. The molecule has 0 saturated heterocycles. The van der Waals surface area contributed by atoms with E-state index in [4.69, 9.17) is 5.26 Å². The van der Waals surface area contributed by atoms with Crippen LogP contribution in [-0.4, -0.2) is 26.2 Å². The highest BCUT2D eigenvalue weighted by atomic mass is 32.2. The van der Waals surface area contributed by atoms with Gasteiger partial charge < -0.3 is 0 Å². The molecule has 2 aromatic carbocycles. The molecule has 0 aliphatic heterocycles. The van der Waals surface area contributed by atoms with E-state index in [0.717, 1.165) is 6.07 Å². The molecule has 6 nitrogen and oxygen atoms in total. The van der Waals surface area contributed by atoms with Gasteiger partial charge in [-0.25, -0.2) is 12.8 Å². The molecule has 0 bridgehead atoms. The number of hydrazine groups is 1. The van der Waals surface area contributed by atoms with E-state index in [9.17, 15) is 22.0 Å². The Balaban J connectivity index is -0.00000102. The van der Waals surface area contributed by atoms with Crippen LogP contribution in [0.25, 0.3) is 0 Å². The summed E-state index contributed by atoms with van der Waals surface area (Å²) in [6.45, 7) is 8.78. The van der Waals surface area contributed by atoms with Gasteiger partial charge in [-0.3, -0.25) is 20.0 Å². The minimum Gasteiger partial charge on any atom is -0.295 e. The number of carbonyl (C=O) groups is 1. The van der Waals surface area contributed by atoms with Crippen LogP contribution in [0, 0.1) is 17.1 Å². The van der Waals surface area contributed by atoms with Crippen molar-refractivity contribution >= 4 is 21.4 Å². The molecule has 2 rings (SSSR count). The van der Waals surface area contributed by atoms with Gasteiger partial charge in [0.1, 0.15) is 5.82 Å². The van der Waals surface area contributed by atoms with E-state index >= 15 is 0 Å². The van der Waals surface area contributed by atoms with E-state index in [0.29, 0.717) is 6.42 Å². The molecular formula is C22H33F2N3O3S. The smallest absolute Gasteiger partial charge is 0.269 e. The van der Waals surface area contributed by atoms with Crippen LogP contribution in [0.4, 0.5) is 14.5 Å². The Hall–Kier alpha value is -2.99. The number of rotatable bonds is 6. The second-order valence-corrected chi connectivity index (χ2v) is 8.70. The first-order chi connectivity index (χ1) is 14.7. The number of alkyl halides is 1. The molecule has 0 radical (unpaired) electrons. The number of benzene rings is 2. The summed E-state index contributed by atoms with van der Waals surface area (Å²) in [4.78, 5) is 12.2. The molecule has 2 aromatic rings. The summed E-state index contributed by atoms with van der Waals surface area (Å²) in [6, 6.07) is 11.0. The third-order valence-corrected chi connectivity index (χ3v) is 5.83. The fourth-order valence-corrected chi connectivity index (χ4v) is 3.01. The number of hydrogen-bond acceptors (Lipinski definition) is 5. The number of nitriles is 1. The maximum Gasteiger partial charge on any atom is 0.269 e. The van der Waals surface area contributed by atoms with Crippen molar-refractivity contribution in [3.05, 3.63) is 59.4 Å². The van der Waals surface area contributed by atoms with E-state index in [1.165, 1.54) is 36.4 Å². The molecule has 0 aliphatic carbocycles. The maximum atomic E-state index is 13.7. The zero-order chi connectivity index (χ0) is 24.0. The largest absolute Gasteiger partial charge is 0.295 e. The van der Waals surface area contributed by atoms with E-state index in [-0.39, 0.29) is 31.2 Å². The Labute approximate surface area is 186 Å². The van der Waals surface area contributed by atoms with E-state index in [1.807, 2.05) is 13.8 Å². The molecule has 0 spiro atoms. The van der Waals surface area contributed by atoms with Crippen molar-refractivity contribution in [1.29, 1.82) is 5.26 Å². The number of anilines is 1. The monoisotopic (exact) mass is 457 g/mol. The van der Waals surface area contributed by atoms with Gasteiger partial charge in [0.25, 0.3) is 5.91 Å². The Morgan fingerprint density at radius 1 is 1.16 bits per heavy atom. The molecule has 0 fully saturated rings. The number of amides is 1. The number of sulfone groups is 1. The maximum absolute atomic E-state index is 13.7. The summed E-state index contributed by atoms with van der Waals surface area (Å²) in [5.41, 5.74) is 5.12. The third-order valence-electron chi connectivity index (χ3n) is 3.66. The fraction of sp³-hybridized carbons (Fsp3) is 0.364. The fourth-order valence-electron chi connectivity index (χ4n) is 1.95. The molecular weight excluding hydrogens is 424 g/mol. The van der Waals surface area contributed by atoms with Gasteiger partial charge in [-0.1, -0.05) is 20.8 Å². The highest BCUT2D eigenvalue weighted by Crippen LogP contribution is 2.17. The van der Waals surface area contributed by atoms with E-state index in [1.54, 1.807) is 26.8 Å². The topological polar surface area (TPSA) is 99.1 Å². The minimum absolute atomic E-state index is 0. The second kappa shape index (κ2) is 14.1. The summed E-state index contributed by atoms with van der Waals surface area (Å²) >= 11 is 0. The number of halogens is 2. The van der Waals surface area contributed by atoms with Crippen molar-refractivity contribution in [2.75, 3.05) is 12.1 Å². The number of nitrogens with zero attached hydrogens (tertiary/aromatic N) is 1. The van der Waals surface area contributed by atoms with Gasteiger partial charge in [0.2, 0.25) is 0 Å². The molecule has 0 unspecified atom stereocenters.